The highest BCUT2D eigenvalue weighted by molar-refractivity contribution is 4.85. The largest absolute Gasteiger partial charge is 0.388 e. The fourth-order valence-electron chi connectivity index (χ4n) is 0.862. The number of hydrogen-bond acceptors (Lipinski definition) is 2. The summed E-state index contributed by atoms with van der Waals surface area (Å²) in [4.78, 5) is 0. The summed E-state index contributed by atoms with van der Waals surface area (Å²) >= 11 is 0. The third kappa shape index (κ3) is 1.96. The van der Waals surface area contributed by atoms with Crippen LogP contribution in [0, 0.1) is 5.92 Å². The molecule has 0 heterocycles. The summed E-state index contributed by atoms with van der Waals surface area (Å²) in [5.41, 5.74) is 4.88. The van der Waals surface area contributed by atoms with E-state index >= 15 is 0 Å². The Morgan fingerprint density at radius 3 is 2.00 bits per heavy atom. The van der Waals surface area contributed by atoms with Crippen LogP contribution >= 0.6 is 0 Å². The van der Waals surface area contributed by atoms with Crippen molar-refractivity contribution in [2.75, 3.05) is 0 Å². The maximum Gasteiger partial charge on any atom is 0.0792 e. The van der Waals surface area contributed by atoms with Crippen molar-refractivity contribution in [3.63, 3.8) is 0 Å². The fraction of sp³-hybridized carbons (Fsp3) is 1.00. The summed E-state index contributed by atoms with van der Waals surface area (Å²) in [6, 6.07) is -0.151. The van der Waals surface area contributed by atoms with Gasteiger partial charge in [0.1, 0.15) is 0 Å². The minimum Gasteiger partial charge on any atom is -0.388 e. The summed E-state index contributed by atoms with van der Waals surface area (Å²) < 4.78 is 0. The Hall–Kier alpha value is -0.0800. The molecule has 10 heavy (non-hydrogen) atoms. The molecule has 0 aromatic carbocycles. The normalized spacial score (nSPS) is 23.4. The SMILES string of the molecule is CCC(C)C(C)(O)C(C)N. The molecule has 0 amide bonds. The van der Waals surface area contributed by atoms with Gasteiger partial charge in [-0.15, -0.1) is 0 Å². The van der Waals surface area contributed by atoms with Gasteiger partial charge in [0.25, 0.3) is 0 Å². The quantitative estimate of drug-likeness (QED) is 0.625. The molecule has 0 aliphatic rings. The standard InChI is InChI=1S/C8H19NO/c1-5-6(2)8(4,10)7(3)9/h6-7,10H,5,9H2,1-4H3. The summed E-state index contributed by atoms with van der Waals surface area (Å²) in [5.74, 6) is 0.271. The van der Waals surface area contributed by atoms with Crippen molar-refractivity contribution in [3.05, 3.63) is 0 Å². The maximum absolute atomic E-state index is 9.74. The molecule has 0 aromatic rings. The highest BCUT2D eigenvalue weighted by atomic mass is 16.3. The summed E-state index contributed by atoms with van der Waals surface area (Å²) in [7, 11) is 0. The van der Waals surface area contributed by atoms with Crippen molar-refractivity contribution in [1.82, 2.24) is 0 Å². The van der Waals surface area contributed by atoms with Crippen LogP contribution in [0.15, 0.2) is 0 Å². The van der Waals surface area contributed by atoms with E-state index in [0.717, 1.165) is 6.42 Å². The number of nitrogens with two attached hydrogens (primary N) is 1. The molecule has 0 spiro atoms. The predicted molar refractivity (Wildman–Crippen MR) is 43.7 cm³/mol. The Morgan fingerprint density at radius 1 is 1.50 bits per heavy atom. The molecule has 62 valence electrons. The van der Waals surface area contributed by atoms with Gasteiger partial charge in [-0.2, -0.15) is 0 Å². The number of aliphatic hydroxyl groups is 1. The molecule has 0 fully saturated rings. The molecule has 3 N–H and O–H groups in total. The van der Waals surface area contributed by atoms with Crippen LogP contribution in [0.5, 0.6) is 0 Å². The molecule has 0 bridgehead atoms. The van der Waals surface area contributed by atoms with E-state index in [9.17, 15) is 5.11 Å². The van der Waals surface area contributed by atoms with Crippen LogP contribution in [0.1, 0.15) is 34.1 Å². The minimum absolute atomic E-state index is 0.151. The van der Waals surface area contributed by atoms with Crippen LogP contribution in [0.3, 0.4) is 0 Å². The molecule has 0 aliphatic heterocycles. The molecule has 0 aromatic heterocycles. The van der Waals surface area contributed by atoms with E-state index < -0.39 is 5.60 Å². The van der Waals surface area contributed by atoms with Crippen molar-refractivity contribution < 1.29 is 5.11 Å². The zero-order chi connectivity index (χ0) is 8.36. The first-order valence-corrected chi connectivity index (χ1v) is 3.90. The highest BCUT2D eigenvalue weighted by Gasteiger charge is 2.30. The maximum atomic E-state index is 9.74. The van der Waals surface area contributed by atoms with E-state index in [-0.39, 0.29) is 12.0 Å². The van der Waals surface area contributed by atoms with Gasteiger partial charge in [0.15, 0.2) is 0 Å². The van der Waals surface area contributed by atoms with E-state index in [0.29, 0.717) is 0 Å². The summed E-state index contributed by atoms with van der Waals surface area (Å²) in [6.45, 7) is 7.71. The van der Waals surface area contributed by atoms with Gasteiger partial charge in [0, 0.05) is 6.04 Å². The minimum atomic E-state index is -0.714. The summed E-state index contributed by atoms with van der Waals surface area (Å²) in [5, 5.41) is 9.74. The fourth-order valence-corrected chi connectivity index (χ4v) is 0.862. The Morgan fingerprint density at radius 2 is 1.90 bits per heavy atom. The third-order valence-corrected chi connectivity index (χ3v) is 2.53. The molecule has 3 unspecified atom stereocenters. The van der Waals surface area contributed by atoms with Crippen LogP contribution in [0.2, 0.25) is 0 Å². The van der Waals surface area contributed by atoms with Crippen LogP contribution in [0.25, 0.3) is 0 Å². The molecular weight excluding hydrogens is 126 g/mol. The monoisotopic (exact) mass is 145 g/mol. The van der Waals surface area contributed by atoms with Gasteiger partial charge in [-0.05, 0) is 19.8 Å². The van der Waals surface area contributed by atoms with Gasteiger partial charge in [0.2, 0.25) is 0 Å². The molecule has 0 saturated carbocycles. The lowest BCUT2D eigenvalue weighted by atomic mass is 9.83. The van der Waals surface area contributed by atoms with Crippen LogP contribution in [-0.2, 0) is 0 Å². The zero-order valence-corrected chi connectivity index (χ0v) is 7.39. The van der Waals surface area contributed by atoms with Crippen LogP contribution in [0.4, 0.5) is 0 Å². The number of hydrogen-bond donors (Lipinski definition) is 2. The third-order valence-electron chi connectivity index (χ3n) is 2.53. The predicted octanol–water partition coefficient (Wildman–Crippen LogP) is 1.13. The molecule has 0 aliphatic carbocycles. The van der Waals surface area contributed by atoms with Gasteiger partial charge < -0.3 is 10.8 Å². The van der Waals surface area contributed by atoms with E-state index in [1.54, 1.807) is 6.92 Å². The molecule has 3 atom stereocenters. The Bertz CT molecular complexity index is 99.4. The topological polar surface area (TPSA) is 46.2 Å². The van der Waals surface area contributed by atoms with Crippen LogP contribution < -0.4 is 5.73 Å². The molecule has 2 heteroatoms. The lowest BCUT2D eigenvalue weighted by Crippen LogP contribution is -2.48. The van der Waals surface area contributed by atoms with Gasteiger partial charge in [0.05, 0.1) is 5.60 Å². The molecular formula is C8H19NO. The van der Waals surface area contributed by atoms with Gasteiger partial charge in [-0.3, -0.25) is 0 Å². The zero-order valence-electron chi connectivity index (χ0n) is 7.39. The van der Waals surface area contributed by atoms with E-state index in [1.165, 1.54) is 0 Å². The number of rotatable bonds is 3. The molecule has 0 saturated heterocycles. The Labute approximate surface area is 63.4 Å². The van der Waals surface area contributed by atoms with E-state index in [2.05, 4.69) is 6.92 Å². The Kier molecular flexibility index (Phi) is 3.33. The average Bonchev–Trinajstić information content (AvgIpc) is 1.86. The van der Waals surface area contributed by atoms with Crippen molar-refractivity contribution in [3.8, 4) is 0 Å². The van der Waals surface area contributed by atoms with Crippen molar-refractivity contribution >= 4 is 0 Å². The van der Waals surface area contributed by atoms with Crippen molar-refractivity contribution in [1.29, 1.82) is 0 Å². The first-order chi connectivity index (χ1) is 4.42. The Balaban J connectivity index is 4.09. The molecule has 2 nitrogen and oxygen atoms in total. The van der Waals surface area contributed by atoms with Crippen LogP contribution in [-0.4, -0.2) is 16.7 Å². The first kappa shape index (κ1) is 9.92. The average molecular weight is 145 g/mol. The lowest BCUT2D eigenvalue weighted by molar-refractivity contribution is -0.0139. The van der Waals surface area contributed by atoms with Gasteiger partial charge in [-0.25, -0.2) is 0 Å². The smallest absolute Gasteiger partial charge is 0.0792 e. The lowest BCUT2D eigenvalue weighted by Gasteiger charge is -2.33. The van der Waals surface area contributed by atoms with Gasteiger partial charge >= 0.3 is 0 Å². The van der Waals surface area contributed by atoms with Gasteiger partial charge in [-0.1, -0.05) is 20.3 Å². The molecule has 0 radical (unpaired) electrons. The van der Waals surface area contributed by atoms with E-state index in [4.69, 9.17) is 5.73 Å². The second-order valence-corrected chi connectivity index (χ2v) is 3.32. The highest BCUT2D eigenvalue weighted by Crippen LogP contribution is 2.21. The second kappa shape index (κ2) is 3.35. The summed E-state index contributed by atoms with van der Waals surface area (Å²) in [6.07, 6.45) is 0.967. The second-order valence-electron chi connectivity index (χ2n) is 3.32. The van der Waals surface area contributed by atoms with E-state index in [1.807, 2.05) is 13.8 Å². The van der Waals surface area contributed by atoms with Crippen molar-refractivity contribution in [2.24, 2.45) is 11.7 Å². The first-order valence-electron chi connectivity index (χ1n) is 3.90. The molecule has 0 rings (SSSR count). The van der Waals surface area contributed by atoms with Crippen molar-refractivity contribution in [2.45, 2.75) is 45.8 Å².